The minimum absolute atomic E-state index is 0.0200. The van der Waals surface area contributed by atoms with Gasteiger partial charge in [-0.2, -0.15) is 0 Å². The van der Waals surface area contributed by atoms with Gasteiger partial charge in [-0.15, -0.1) is 0 Å². The van der Waals surface area contributed by atoms with Crippen molar-refractivity contribution < 1.29 is 58.5 Å². The number of aliphatic carboxylic acids is 1. The van der Waals surface area contributed by atoms with Crippen molar-refractivity contribution in [1.29, 1.82) is 0 Å². The zero-order chi connectivity index (χ0) is 36.2. The van der Waals surface area contributed by atoms with Crippen LogP contribution in [0.5, 0.6) is 11.5 Å². The third-order valence-corrected chi connectivity index (χ3v) is 10.4. The highest BCUT2D eigenvalue weighted by Crippen LogP contribution is 2.63. The topological polar surface area (TPSA) is 177 Å². The molecule has 2 aliphatic heterocycles. The van der Waals surface area contributed by atoms with E-state index in [9.17, 15) is 49.0 Å². The van der Waals surface area contributed by atoms with E-state index >= 15 is 0 Å². The van der Waals surface area contributed by atoms with Crippen LogP contribution >= 0.6 is 0 Å². The van der Waals surface area contributed by atoms with Crippen LogP contribution in [-0.4, -0.2) is 73.2 Å². The average Bonchev–Trinajstić information content (AvgIpc) is 3.12. The van der Waals surface area contributed by atoms with Crippen molar-refractivity contribution in [3.05, 3.63) is 114 Å². The largest absolute Gasteiger partial charge is 0.508 e. The Labute approximate surface area is 290 Å². The number of hydrogen-bond acceptors (Lipinski definition) is 9. The van der Waals surface area contributed by atoms with Gasteiger partial charge in [0.25, 0.3) is 0 Å². The molecule has 7 rings (SSSR count). The van der Waals surface area contributed by atoms with Gasteiger partial charge in [-0.3, -0.25) is 4.79 Å². The van der Waals surface area contributed by atoms with Crippen LogP contribution < -0.4 is 9.64 Å². The van der Waals surface area contributed by atoms with Crippen LogP contribution in [0.4, 0.5) is 14.5 Å². The first-order valence-electron chi connectivity index (χ1n) is 16.4. The number of anilines is 1. The van der Waals surface area contributed by atoms with Gasteiger partial charge in [0.15, 0.2) is 6.10 Å². The molecule has 3 aliphatic rings. The summed E-state index contributed by atoms with van der Waals surface area (Å²) in [5.41, 5.74) is -0.108. The van der Waals surface area contributed by atoms with E-state index in [-0.39, 0.29) is 43.1 Å². The molecule has 0 bridgehead atoms. The maximum Gasteiger partial charge on any atom is 0.335 e. The number of phenols is 1. The van der Waals surface area contributed by atoms with Gasteiger partial charge in [-0.05, 0) is 97.0 Å². The van der Waals surface area contributed by atoms with Gasteiger partial charge < -0.3 is 45.0 Å². The quantitative estimate of drug-likeness (QED) is 0.153. The zero-order valence-electron chi connectivity index (χ0n) is 27.0. The lowest BCUT2D eigenvalue weighted by Gasteiger charge is -2.59. The number of phenolic OH excluding ortho intramolecular Hbond substituents is 1. The molecule has 13 heteroatoms. The molecule has 0 aromatic heterocycles. The predicted octanol–water partition coefficient (Wildman–Crippen LogP) is 4.14. The number of halogens is 2. The Bertz CT molecular complexity index is 1950. The number of aromatic hydroxyl groups is 1. The van der Waals surface area contributed by atoms with E-state index in [1.165, 1.54) is 65.6 Å². The molecule has 1 aliphatic carbocycles. The number of aliphatic hydroxyl groups is 4. The first-order chi connectivity index (χ1) is 24.3. The second-order valence-corrected chi connectivity index (χ2v) is 13.4. The Morgan fingerprint density at radius 1 is 0.804 bits per heavy atom. The van der Waals surface area contributed by atoms with Gasteiger partial charge in [-0.25, -0.2) is 13.6 Å². The molecule has 2 heterocycles. The minimum atomic E-state index is -1.96. The highest BCUT2D eigenvalue weighted by Gasteiger charge is 2.64. The SMILES string of the molecule is O=C(O)C1O[C@@H](Oc2cc(-c3cccc(O)c3)ccc2[C@H]2N(c3ccc(F)cc3)C(=O)C23CCC(O)(c2ccc(F)cc2)CC3)C(O)[C@@H](O)[C@H]1O. The van der Waals surface area contributed by atoms with Crippen LogP contribution in [0.3, 0.4) is 0 Å². The molecule has 4 aromatic rings. The Balaban J connectivity index is 1.33. The summed E-state index contributed by atoms with van der Waals surface area (Å²) in [6.07, 6.45) is -8.87. The van der Waals surface area contributed by atoms with Gasteiger partial charge in [0.2, 0.25) is 12.2 Å². The second kappa shape index (κ2) is 13.0. The molecule has 4 aromatic carbocycles. The van der Waals surface area contributed by atoms with Crippen LogP contribution in [0.2, 0.25) is 0 Å². The number of β-lactam (4-membered cyclic amide) rings is 1. The molecule has 0 radical (unpaired) electrons. The van der Waals surface area contributed by atoms with E-state index in [0.29, 0.717) is 27.9 Å². The molecule has 11 nitrogen and oxygen atoms in total. The molecule has 51 heavy (non-hydrogen) atoms. The molecule has 3 fully saturated rings. The van der Waals surface area contributed by atoms with Crippen molar-refractivity contribution in [3.8, 4) is 22.6 Å². The molecule has 6 atom stereocenters. The van der Waals surface area contributed by atoms with Crippen molar-refractivity contribution in [1.82, 2.24) is 0 Å². The number of aliphatic hydroxyl groups excluding tert-OH is 3. The summed E-state index contributed by atoms with van der Waals surface area (Å²) >= 11 is 0. The Morgan fingerprint density at radius 3 is 2.06 bits per heavy atom. The number of nitrogens with zero attached hydrogens (tertiary/aromatic N) is 1. The summed E-state index contributed by atoms with van der Waals surface area (Å²) < 4.78 is 39.4. The van der Waals surface area contributed by atoms with Gasteiger partial charge in [0, 0.05) is 11.3 Å². The predicted molar refractivity (Wildman–Crippen MR) is 176 cm³/mol. The zero-order valence-corrected chi connectivity index (χ0v) is 27.0. The normalized spacial score (nSPS) is 30.5. The van der Waals surface area contributed by atoms with E-state index in [1.807, 2.05) is 0 Å². The van der Waals surface area contributed by atoms with Crippen molar-refractivity contribution >= 4 is 17.6 Å². The summed E-state index contributed by atoms with van der Waals surface area (Å²) in [7, 11) is 0. The maximum atomic E-state index is 14.3. The average molecular weight is 704 g/mol. The first-order valence-corrected chi connectivity index (χ1v) is 16.4. The van der Waals surface area contributed by atoms with E-state index in [2.05, 4.69) is 0 Å². The van der Waals surface area contributed by atoms with Crippen LogP contribution in [-0.2, 0) is 19.9 Å². The molecule has 2 unspecified atom stereocenters. The van der Waals surface area contributed by atoms with Crippen molar-refractivity contribution in [2.45, 2.75) is 68.0 Å². The molecule has 1 amide bonds. The number of rotatable bonds is 7. The molecule has 2 saturated heterocycles. The van der Waals surface area contributed by atoms with Crippen LogP contribution in [0.1, 0.15) is 42.9 Å². The fraction of sp³-hybridized carbons (Fsp3) is 0.316. The van der Waals surface area contributed by atoms with Crippen molar-refractivity contribution in [2.24, 2.45) is 5.41 Å². The summed E-state index contributed by atoms with van der Waals surface area (Å²) in [5.74, 6) is -2.86. The fourth-order valence-corrected chi connectivity index (χ4v) is 7.61. The van der Waals surface area contributed by atoms with E-state index in [1.54, 1.807) is 30.3 Å². The standard InChI is InChI=1S/C38H35F2NO10/c39-23-7-5-22(6-8-23)38(49)16-14-37(15-17-38)33(41(36(37)48)25-11-9-24(40)10-12-25)27-13-4-21(20-2-1-3-26(42)18-20)19-28(27)50-35-31(45)29(43)30(44)32(51-35)34(46)47/h1-13,18-19,29-33,35,42-45,49H,14-17H2,(H,46,47)/t29-,30+,31?,32?,33+,35+,37?,38?/m0/s1. The number of carboxylic acids is 1. The van der Waals surface area contributed by atoms with E-state index in [4.69, 9.17) is 9.47 Å². The molecular formula is C38H35F2NO10. The van der Waals surface area contributed by atoms with E-state index in [0.717, 1.165) is 0 Å². The summed E-state index contributed by atoms with van der Waals surface area (Å²) in [5, 5.41) is 63.2. The van der Waals surface area contributed by atoms with Crippen LogP contribution in [0.15, 0.2) is 91.0 Å². The monoisotopic (exact) mass is 703 g/mol. The highest BCUT2D eigenvalue weighted by molar-refractivity contribution is 6.06. The number of carboxylic acid groups (broad SMARTS) is 1. The lowest BCUT2D eigenvalue weighted by Crippen LogP contribution is -2.65. The third kappa shape index (κ3) is 6.00. The number of ether oxygens (including phenoxy) is 2. The molecule has 1 saturated carbocycles. The lowest BCUT2D eigenvalue weighted by molar-refractivity contribution is -0.271. The number of amides is 1. The first kappa shape index (κ1) is 34.5. The Hall–Kier alpha value is -4.92. The van der Waals surface area contributed by atoms with Crippen molar-refractivity contribution in [2.75, 3.05) is 4.90 Å². The molecule has 1 spiro atoms. The van der Waals surface area contributed by atoms with Gasteiger partial charge in [0.05, 0.1) is 17.1 Å². The number of carbonyl (C=O) groups excluding carboxylic acids is 1. The number of carbonyl (C=O) groups is 2. The fourth-order valence-electron chi connectivity index (χ4n) is 7.61. The summed E-state index contributed by atoms with van der Waals surface area (Å²) in [6, 6.07) is 21.4. The minimum Gasteiger partial charge on any atom is -0.508 e. The van der Waals surface area contributed by atoms with E-state index < -0.39 is 65.4 Å². The van der Waals surface area contributed by atoms with Gasteiger partial charge in [-0.1, -0.05) is 36.4 Å². The summed E-state index contributed by atoms with van der Waals surface area (Å²) in [4.78, 5) is 27.7. The van der Waals surface area contributed by atoms with Crippen LogP contribution in [0.25, 0.3) is 11.1 Å². The van der Waals surface area contributed by atoms with Crippen molar-refractivity contribution in [3.63, 3.8) is 0 Å². The maximum absolute atomic E-state index is 14.3. The van der Waals surface area contributed by atoms with Crippen LogP contribution in [0, 0.1) is 17.0 Å². The second-order valence-electron chi connectivity index (χ2n) is 13.4. The number of benzene rings is 4. The molecule has 266 valence electrons. The number of hydrogen-bond donors (Lipinski definition) is 6. The highest BCUT2D eigenvalue weighted by atomic mass is 19.1. The van der Waals surface area contributed by atoms with Gasteiger partial charge in [0.1, 0.15) is 41.4 Å². The van der Waals surface area contributed by atoms with Gasteiger partial charge >= 0.3 is 5.97 Å². The Kier molecular flexibility index (Phi) is 8.80. The Morgan fingerprint density at radius 2 is 1.43 bits per heavy atom. The smallest absolute Gasteiger partial charge is 0.335 e. The lowest BCUT2D eigenvalue weighted by atomic mass is 9.56. The third-order valence-electron chi connectivity index (χ3n) is 10.4. The molecule has 6 N–H and O–H groups in total. The summed E-state index contributed by atoms with van der Waals surface area (Å²) in [6.45, 7) is 0. The molecular weight excluding hydrogens is 668 g/mol.